The number of hydrogen-bond donors (Lipinski definition) is 0. The first-order valence-electron chi connectivity index (χ1n) is 11.8. The monoisotopic (exact) mass is 556 g/mol. The van der Waals surface area contributed by atoms with Gasteiger partial charge in [0.2, 0.25) is 10.0 Å². The van der Waals surface area contributed by atoms with E-state index in [1.807, 2.05) is 30.3 Å². The van der Waals surface area contributed by atoms with Gasteiger partial charge in [-0.05, 0) is 67.4 Å². The van der Waals surface area contributed by atoms with Gasteiger partial charge < -0.3 is 4.74 Å². The van der Waals surface area contributed by atoms with E-state index in [0.29, 0.717) is 34.6 Å². The normalized spacial score (nSPS) is 15.9. The van der Waals surface area contributed by atoms with Crippen molar-refractivity contribution in [2.45, 2.75) is 30.4 Å². The molecule has 1 aliphatic heterocycles. The highest BCUT2D eigenvalue weighted by Crippen LogP contribution is 2.32. The Kier molecular flexibility index (Phi) is 7.55. The van der Waals surface area contributed by atoms with E-state index in [-0.39, 0.29) is 23.5 Å². The second kappa shape index (κ2) is 10.8. The molecule has 1 fully saturated rings. The van der Waals surface area contributed by atoms with Crippen LogP contribution in [0.15, 0.2) is 71.8 Å². The fraction of sp³-hybridized carbons (Fsp3) is 0.269. The highest BCUT2D eigenvalue weighted by Gasteiger charge is 2.27. The van der Waals surface area contributed by atoms with Gasteiger partial charge in [0.1, 0.15) is 0 Å². The standard InChI is InChI=1S/C26H25ClN4O4S2/c1-30(17-21-6-4-14-35-21)37(33,34)22-10-7-18(8-11-22)25(32)31(16-20-5-2-3-13-28-20)26-29-23-12-9-19(27)15-24(23)36-26/h2-3,5,7-13,15,21H,4,6,14,16-17H2,1H3. The molecule has 1 amide bonds. The van der Waals surface area contributed by atoms with Gasteiger partial charge in [0.15, 0.2) is 5.13 Å². The lowest BCUT2D eigenvalue weighted by Gasteiger charge is -2.21. The number of likely N-dealkylation sites (N-methyl/N-ethyl adjacent to an activating group) is 1. The summed E-state index contributed by atoms with van der Waals surface area (Å²) in [7, 11) is -2.17. The van der Waals surface area contributed by atoms with E-state index >= 15 is 0 Å². The van der Waals surface area contributed by atoms with Gasteiger partial charge in [-0.3, -0.25) is 14.7 Å². The Bertz CT molecular complexity index is 1500. The lowest BCUT2D eigenvalue weighted by atomic mass is 10.2. The predicted octanol–water partition coefficient (Wildman–Crippen LogP) is 4.99. The molecular weight excluding hydrogens is 532 g/mol. The Morgan fingerprint density at radius 1 is 1.16 bits per heavy atom. The van der Waals surface area contributed by atoms with E-state index in [4.69, 9.17) is 16.3 Å². The van der Waals surface area contributed by atoms with Crippen molar-refractivity contribution in [2.24, 2.45) is 0 Å². The Morgan fingerprint density at radius 3 is 2.68 bits per heavy atom. The number of fused-ring (bicyclic) bond motifs is 1. The third-order valence-electron chi connectivity index (χ3n) is 6.16. The molecule has 8 nitrogen and oxygen atoms in total. The maximum atomic E-state index is 13.7. The van der Waals surface area contributed by atoms with Crippen LogP contribution in [0.1, 0.15) is 28.9 Å². The molecule has 3 heterocycles. The van der Waals surface area contributed by atoms with Crippen LogP contribution < -0.4 is 4.90 Å². The van der Waals surface area contributed by atoms with E-state index in [1.54, 1.807) is 24.2 Å². The molecular formula is C26H25ClN4O4S2. The molecule has 0 saturated carbocycles. The molecule has 1 aliphatic rings. The number of benzene rings is 2. The first-order chi connectivity index (χ1) is 17.8. The maximum Gasteiger partial charge on any atom is 0.260 e. The van der Waals surface area contributed by atoms with E-state index in [9.17, 15) is 13.2 Å². The van der Waals surface area contributed by atoms with Crippen molar-refractivity contribution in [3.8, 4) is 0 Å². The zero-order valence-corrected chi connectivity index (χ0v) is 22.5. The number of aromatic nitrogens is 2. The molecule has 1 unspecified atom stereocenters. The number of ether oxygens (including phenoxy) is 1. The fourth-order valence-corrected chi connectivity index (χ4v) is 6.60. The Morgan fingerprint density at radius 2 is 1.97 bits per heavy atom. The number of nitrogens with zero attached hydrogens (tertiary/aromatic N) is 4. The van der Waals surface area contributed by atoms with E-state index in [0.717, 1.165) is 23.1 Å². The van der Waals surface area contributed by atoms with Crippen LogP contribution in [0, 0.1) is 0 Å². The number of amides is 1. The molecule has 11 heteroatoms. The third kappa shape index (κ3) is 5.68. The Balaban J connectivity index is 1.42. The summed E-state index contributed by atoms with van der Waals surface area (Å²) in [4.78, 5) is 24.4. The number of thiazole rings is 1. The molecule has 0 aliphatic carbocycles. The molecule has 0 spiro atoms. The topological polar surface area (TPSA) is 92.7 Å². The molecule has 192 valence electrons. The van der Waals surface area contributed by atoms with Crippen LogP contribution in [0.2, 0.25) is 5.02 Å². The average molecular weight is 557 g/mol. The molecule has 2 aromatic carbocycles. The molecule has 0 radical (unpaired) electrons. The van der Waals surface area contributed by atoms with Gasteiger partial charge in [0, 0.05) is 37.0 Å². The highest BCUT2D eigenvalue weighted by atomic mass is 35.5. The zero-order chi connectivity index (χ0) is 26.0. The molecule has 0 bridgehead atoms. The quantitative estimate of drug-likeness (QED) is 0.303. The lowest BCUT2D eigenvalue weighted by Crippen LogP contribution is -2.34. The van der Waals surface area contributed by atoms with Crippen molar-refractivity contribution in [1.82, 2.24) is 14.3 Å². The number of rotatable bonds is 8. The van der Waals surface area contributed by atoms with Crippen molar-refractivity contribution in [3.05, 3.63) is 83.1 Å². The van der Waals surface area contributed by atoms with Crippen LogP contribution in [-0.4, -0.2) is 54.9 Å². The molecule has 5 rings (SSSR count). The van der Waals surface area contributed by atoms with E-state index in [1.165, 1.54) is 39.9 Å². The van der Waals surface area contributed by atoms with Gasteiger partial charge >= 0.3 is 0 Å². The van der Waals surface area contributed by atoms with E-state index < -0.39 is 10.0 Å². The van der Waals surface area contributed by atoms with Crippen LogP contribution >= 0.6 is 22.9 Å². The smallest absolute Gasteiger partial charge is 0.260 e. The number of sulfonamides is 1. The van der Waals surface area contributed by atoms with Crippen LogP contribution in [0.3, 0.4) is 0 Å². The second-order valence-electron chi connectivity index (χ2n) is 8.77. The lowest BCUT2D eigenvalue weighted by molar-refractivity contribution is 0.0978. The Hall–Kier alpha value is -2.89. The highest BCUT2D eigenvalue weighted by molar-refractivity contribution is 7.89. The summed E-state index contributed by atoms with van der Waals surface area (Å²) < 4.78 is 33.9. The van der Waals surface area contributed by atoms with Gasteiger partial charge in [-0.25, -0.2) is 13.4 Å². The fourth-order valence-electron chi connectivity index (χ4n) is 4.16. The maximum absolute atomic E-state index is 13.7. The predicted molar refractivity (Wildman–Crippen MR) is 145 cm³/mol. The molecule has 0 N–H and O–H groups in total. The van der Waals surface area contributed by atoms with Gasteiger partial charge in [-0.15, -0.1) is 0 Å². The average Bonchev–Trinajstić information content (AvgIpc) is 3.57. The summed E-state index contributed by atoms with van der Waals surface area (Å²) in [5, 5.41) is 1.09. The van der Waals surface area contributed by atoms with Crippen molar-refractivity contribution < 1.29 is 17.9 Å². The minimum Gasteiger partial charge on any atom is -0.377 e. The molecule has 4 aromatic rings. The number of pyridine rings is 1. The van der Waals surface area contributed by atoms with E-state index in [2.05, 4.69) is 9.97 Å². The first-order valence-corrected chi connectivity index (χ1v) is 14.4. The number of halogens is 1. The minimum absolute atomic E-state index is 0.0931. The number of hydrogen-bond acceptors (Lipinski definition) is 7. The van der Waals surface area contributed by atoms with Crippen molar-refractivity contribution >= 4 is 54.2 Å². The van der Waals surface area contributed by atoms with Crippen LogP contribution in [0.25, 0.3) is 10.2 Å². The molecule has 2 aromatic heterocycles. The molecule has 37 heavy (non-hydrogen) atoms. The SMILES string of the molecule is CN(CC1CCCO1)S(=O)(=O)c1ccc(C(=O)N(Cc2ccccn2)c2nc3ccc(Cl)cc3s2)cc1. The summed E-state index contributed by atoms with van der Waals surface area (Å²) in [6.45, 7) is 1.16. The molecule has 1 saturated heterocycles. The summed E-state index contributed by atoms with van der Waals surface area (Å²) in [6, 6.07) is 16.9. The van der Waals surface area contributed by atoms with Gasteiger partial charge in [0.25, 0.3) is 5.91 Å². The summed E-state index contributed by atoms with van der Waals surface area (Å²) in [6.07, 6.45) is 3.36. The minimum atomic E-state index is -3.72. The zero-order valence-electron chi connectivity index (χ0n) is 20.1. The van der Waals surface area contributed by atoms with Crippen molar-refractivity contribution in [1.29, 1.82) is 0 Å². The molecule has 1 atom stereocenters. The van der Waals surface area contributed by atoms with Gasteiger partial charge in [-0.1, -0.05) is 29.0 Å². The van der Waals surface area contributed by atoms with Crippen LogP contribution in [0.5, 0.6) is 0 Å². The third-order valence-corrected chi connectivity index (χ3v) is 9.27. The van der Waals surface area contributed by atoms with Gasteiger partial charge in [0.05, 0.1) is 33.5 Å². The largest absolute Gasteiger partial charge is 0.377 e. The van der Waals surface area contributed by atoms with Crippen molar-refractivity contribution in [2.75, 3.05) is 25.1 Å². The van der Waals surface area contributed by atoms with Crippen LogP contribution in [-0.2, 0) is 21.3 Å². The number of carbonyl (C=O) groups excluding carboxylic acids is 1. The van der Waals surface area contributed by atoms with Gasteiger partial charge in [-0.2, -0.15) is 4.31 Å². The summed E-state index contributed by atoms with van der Waals surface area (Å²) in [5.41, 5.74) is 1.77. The summed E-state index contributed by atoms with van der Waals surface area (Å²) in [5.74, 6) is -0.313. The Labute approximate surface area is 224 Å². The van der Waals surface area contributed by atoms with Crippen molar-refractivity contribution in [3.63, 3.8) is 0 Å². The second-order valence-corrected chi connectivity index (χ2v) is 12.3. The first kappa shape index (κ1) is 25.7. The van der Waals surface area contributed by atoms with Crippen LogP contribution in [0.4, 0.5) is 5.13 Å². The summed E-state index contributed by atoms with van der Waals surface area (Å²) >= 11 is 7.50. The number of anilines is 1. The number of carbonyl (C=O) groups is 1.